The molecular formula is C14H28N2. The van der Waals surface area contributed by atoms with E-state index in [1.54, 1.807) is 0 Å². The van der Waals surface area contributed by atoms with Crippen LogP contribution >= 0.6 is 0 Å². The Labute approximate surface area is 101 Å². The molecule has 0 aromatic carbocycles. The molecule has 0 aromatic rings. The third-order valence-corrected chi connectivity index (χ3v) is 4.91. The quantitative estimate of drug-likeness (QED) is 0.781. The van der Waals surface area contributed by atoms with Crippen molar-refractivity contribution in [3.8, 4) is 0 Å². The standard InChI is InChI=1S/C14H28N2/c1-5-12-7-11-8-13(16(12)9(2)3)6-10(4)14(11)15/h9-14H,5-8,15H2,1-4H3. The first-order valence-corrected chi connectivity index (χ1v) is 7.07. The highest BCUT2D eigenvalue weighted by atomic mass is 15.2. The number of piperidine rings is 1. The summed E-state index contributed by atoms with van der Waals surface area (Å²) < 4.78 is 0. The van der Waals surface area contributed by atoms with Crippen molar-refractivity contribution in [3.05, 3.63) is 0 Å². The predicted octanol–water partition coefficient (Wildman–Crippen LogP) is 2.62. The molecule has 2 bridgehead atoms. The fourth-order valence-corrected chi connectivity index (χ4v) is 4.14. The van der Waals surface area contributed by atoms with E-state index < -0.39 is 0 Å². The third-order valence-electron chi connectivity index (χ3n) is 4.91. The minimum absolute atomic E-state index is 0.458. The average Bonchev–Trinajstić information content (AvgIpc) is 2.24. The molecule has 2 aliphatic rings. The van der Waals surface area contributed by atoms with Gasteiger partial charge in [-0.2, -0.15) is 0 Å². The van der Waals surface area contributed by atoms with Crippen LogP contribution in [0.25, 0.3) is 0 Å². The maximum atomic E-state index is 6.35. The Morgan fingerprint density at radius 3 is 2.50 bits per heavy atom. The number of likely N-dealkylation sites (tertiary alicyclic amines) is 1. The number of nitrogens with zero attached hydrogens (tertiary/aromatic N) is 1. The molecule has 0 amide bonds. The van der Waals surface area contributed by atoms with E-state index in [9.17, 15) is 0 Å². The smallest absolute Gasteiger partial charge is 0.0107 e. The van der Waals surface area contributed by atoms with Crippen molar-refractivity contribution < 1.29 is 0 Å². The van der Waals surface area contributed by atoms with Gasteiger partial charge < -0.3 is 5.73 Å². The minimum Gasteiger partial charge on any atom is -0.327 e. The third kappa shape index (κ3) is 2.02. The molecule has 2 rings (SSSR count). The van der Waals surface area contributed by atoms with Gasteiger partial charge in [-0.25, -0.2) is 0 Å². The van der Waals surface area contributed by atoms with Crippen LogP contribution in [-0.2, 0) is 0 Å². The first-order chi connectivity index (χ1) is 7.54. The molecule has 5 unspecified atom stereocenters. The maximum absolute atomic E-state index is 6.35. The lowest BCUT2D eigenvalue weighted by Crippen LogP contribution is -2.59. The monoisotopic (exact) mass is 224 g/mol. The van der Waals surface area contributed by atoms with Gasteiger partial charge in [-0.15, -0.1) is 0 Å². The highest BCUT2D eigenvalue weighted by molar-refractivity contribution is 4.99. The van der Waals surface area contributed by atoms with Crippen molar-refractivity contribution in [1.82, 2.24) is 4.90 Å². The zero-order chi connectivity index (χ0) is 11.9. The Hall–Kier alpha value is -0.0800. The molecule has 1 aliphatic heterocycles. The molecule has 94 valence electrons. The summed E-state index contributed by atoms with van der Waals surface area (Å²) in [6.45, 7) is 9.37. The first kappa shape index (κ1) is 12.4. The van der Waals surface area contributed by atoms with E-state index >= 15 is 0 Å². The van der Waals surface area contributed by atoms with E-state index in [0.717, 1.165) is 18.0 Å². The zero-order valence-electron chi connectivity index (χ0n) is 11.3. The summed E-state index contributed by atoms with van der Waals surface area (Å²) in [6, 6.07) is 2.73. The average molecular weight is 224 g/mol. The van der Waals surface area contributed by atoms with E-state index in [-0.39, 0.29) is 0 Å². The number of rotatable bonds is 2. The van der Waals surface area contributed by atoms with Gasteiger partial charge in [0.15, 0.2) is 0 Å². The van der Waals surface area contributed by atoms with Crippen LogP contribution in [0.3, 0.4) is 0 Å². The largest absolute Gasteiger partial charge is 0.327 e. The molecule has 1 saturated carbocycles. The second kappa shape index (κ2) is 4.66. The van der Waals surface area contributed by atoms with Crippen LogP contribution in [0.4, 0.5) is 0 Å². The predicted molar refractivity (Wildman–Crippen MR) is 69.3 cm³/mol. The summed E-state index contributed by atoms with van der Waals surface area (Å²) in [5, 5.41) is 0. The van der Waals surface area contributed by atoms with Crippen molar-refractivity contribution in [2.24, 2.45) is 17.6 Å². The molecule has 0 aromatic heterocycles. The van der Waals surface area contributed by atoms with Gasteiger partial charge in [-0.05, 0) is 51.4 Å². The van der Waals surface area contributed by atoms with E-state index in [0.29, 0.717) is 18.0 Å². The molecule has 5 atom stereocenters. The summed E-state index contributed by atoms with van der Waals surface area (Å²) >= 11 is 0. The van der Waals surface area contributed by atoms with Gasteiger partial charge in [-0.1, -0.05) is 13.8 Å². The topological polar surface area (TPSA) is 29.3 Å². The molecule has 2 nitrogen and oxygen atoms in total. The molecular weight excluding hydrogens is 196 g/mol. The molecule has 0 spiro atoms. The summed E-state index contributed by atoms with van der Waals surface area (Å²) in [5.41, 5.74) is 6.35. The van der Waals surface area contributed by atoms with Crippen molar-refractivity contribution in [2.75, 3.05) is 0 Å². The first-order valence-electron chi connectivity index (χ1n) is 7.07. The van der Waals surface area contributed by atoms with Crippen molar-refractivity contribution in [1.29, 1.82) is 0 Å². The lowest BCUT2D eigenvalue weighted by molar-refractivity contribution is -0.0266. The van der Waals surface area contributed by atoms with Gasteiger partial charge in [-0.3, -0.25) is 4.90 Å². The summed E-state index contributed by atoms with van der Waals surface area (Å²) in [5.74, 6) is 1.50. The van der Waals surface area contributed by atoms with Crippen LogP contribution in [-0.4, -0.2) is 29.1 Å². The molecule has 16 heavy (non-hydrogen) atoms. The van der Waals surface area contributed by atoms with Crippen LogP contribution in [0.5, 0.6) is 0 Å². The van der Waals surface area contributed by atoms with Gasteiger partial charge in [0.2, 0.25) is 0 Å². The highest BCUT2D eigenvalue weighted by Gasteiger charge is 2.43. The Bertz CT molecular complexity index is 237. The van der Waals surface area contributed by atoms with Gasteiger partial charge in [0, 0.05) is 24.2 Å². The van der Waals surface area contributed by atoms with E-state index in [4.69, 9.17) is 5.73 Å². The van der Waals surface area contributed by atoms with E-state index in [1.165, 1.54) is 25.7 Å². The number of nitrogens with two attached hydrogens (primary N) is 1. The van der Waals surface area contributed by atoms with Gasteiger partial charge >= 0.3 is 0 Å². The second-order valence-corrected chi connectivity index (χ2v) is 6.28. The summed E-state index contributed by atoms with van der Waals surface area (Å²) in [7, 11) is 0. The molecule has 1 heterocycles. The Morgan fingerprint density at radius 1 is 1.25 bits per heavy atom. The van der Waals surface area contributed by atoms with Crippen LogP contribution in [0.2, 0.25) is 0 Å². The molecule has 1 aliphatic carbocycles. The van der Waals surface area contributed by atoms with Crippen LogP contribution in [0, 0.1) is 11.8 Å². The van der Waals surface area contributed by atoms with Crippen LogP contribution in [0.15, 0.2) is 0 Å². The molecule has 2 fully saturated rings. The normalized spacial score (nSPS) is 45.0. The van der Waals surface area contributed by atoms with Crippen molar-refractivity contribution >= 4 is 0 Å². The van der Waals surface area contributed by atoms with E-state index in [1.807, 2.05) is 0 Å². The lowest BCUT2D eigenvalue weighted by atomic mass is 9.69. The number of hydrogen-bond donors (Lipinski definition) is 1. The summed E-state index contributed by atoms with van der Waals surface area (Å²) in [4.78, 5) is 2.78. The molecule has 2 heteroatoms. The minimum atomic E-state index is 0.458. The van der Waals surface area contributed by atoms with Gasteiger partial charge in [0.25, 0.3) is 0 Å². The highest BCUT2D eigenvalue weighted by Crippen LogP contribution is 2.41. The zero-order valence-corrected chi connectivity index (χ0v) is 11.3. The van der Waals surface area contributed by atoms with Crippen molar-refractivity contribution in [2.45, 2.75) is 77.5 Å². The number of hydrogen-bond acceptors (Lipinski definition) is 2. The lowest BCUT2D eigenvalue weighted by Gasteiger charge is -2.53. The number of fused-ring (bicyclic) bond motifs is 2. The Balaban J connectivity index is 2.16. The van der Waals surface area contributed by atoms with Crippen LogP contribution < -0.4 is 5.73 Å². The van der Waals surface area contributed by atoms with E-state index in [2.05, 4.69) is 32.6 Å². The second-order valence-electron chi connectivity index (χ2n) is 6.28. The van der Waals surface area contributed by atoms with Crippen LogP contribution in [0.1, 0.15) is 53.4 Å². The Morgan fingerprint density at radius 2 is 1.94 bits per heavy atom. The fourth-order valence-electron chi connectivity index (χ4n) is 4.14. The van der Waals surface area contributed by atoms with Gasteiger partial charge in [0.05, 0.1) is 0 Å². The molecule has 1 saturated heterocycles. The summed E-state index contributed by atoms with van der Waals surface area (Å²) in [6.07, 6.45) is 5.27. The molecule has 2 N–H and O–H groups in total. The van der Waals surface area contributed by atoms with Gasteiger partial charge in [0.1, 0.15) is 0 Å². The fraction of sp³-hybridized carbons (Fsp3) is 1.00. The SMILES string of the molecule is CCC1CC2CC(CC(C)C2N)N1C(C)C. The van der Waals surface area contributed by atoms with Crippen molar-refractivity contribution in [3.63, 3.8) is 0 Å². The Kier molecular flexibility index (Phi) is 3.60. The maximum Gasteiger partial charge on any atom is 0.0107 e. The molecule has 0 radical (unpaired) electrons.